The van der Waals surface area contributed by atoms with E-state index in [0.29, 0.717) is 10.0 Å². The summed E-state index contributed by atoms with van der Waals surface area (Å²) in [7, 11) is 2.04. The van der Waals surface area contributed by atoms with Crippen molar-refractivity contribution in [2.24, 2.45) is 0 Å². The molecule has 1 heterocycles. The van der Waals surface area contributed by atoms with Gasteiger partial charge < -0.3 is 10.2 Å². The van der Waals surface area contributed by atoms with Crippen LogP contribution < -0.4 is 5.32 Å². The van der Waals surface area contributed by atoms with Crippen molar-refractivity contribution in [3.63, 3.8) is 0 Å². The number of benzene rings is 1. The van der Waals surface area contributed by atoms with Crippen molar-refractivity contribution in [3.8, 4) is 0 Å². The van der Waals surface area contributed by atoms with E-state index in [1.807, 2.05) is 7.05 Å². The average molecular weight is 315 g/mol. The van der Waals surface area contributed by atoms with Gasteiger partial charge in [-0.3, -0.25) is 4.79 Å². The first-order valence-electron chi connectivity index (χ1n) is 6.00. The lowest BCUT2D eigenvalue weighted by Gasteiger charge is -2.30. The van der Waals surface area contributed by atoms with E-state index in [2.05, 4.69) is 26.1 Å². The smallest absolute Gasteiger partial charge is 0.251 e. The number of nitrogens with zero attached hydrogens (tertiary/aromatic N) is 1. The van der Waals surface area contributed by atoms with Crippen LogP contribution in [-0.2, 0) is 0 Å². The zero-order valence-corrected chi connectivity index (χ0v) is 11.8. The molecule has 0 bridgehead atoms. The Balaban J connectivity index is 2.02. The molecular weight excluding hydrogens is 299 g/mol. The van der Waals surface area contributed by atoms with Crippen LogP contribution in [-0.4, -0.2) is 37.0 Å². The van der Waals surface area contributed by atoms with Gasteiger partial charge in [-0.25, -0.2) is 4.39 Å². The molecule has 0 aromatic heterocycles. The molecular formula is C13H16BrFN2O. The van der Waals surface area contributed by atoms with Gasteiger partial charge in [-0.05, 0) is 44.6 Å². The van der Waals surface area contributed by atoms with Gasteiger partial charge in [0.1, 0.15) is 5.82 Å². The average Bonchev–Trinajstić information content (AvgIpc) is 2.27. The van der Waals surface area contributed by atoms with Gasteiger partial charge in [-0.1, -0.05) is 15.9 Å². The number of halogens is 2. The molecule has 0 saturated carbocycles. The van der Waals surface area contributed by atoms with Gasteiger partial charge in [0.05, 0.1) is 0 Å². The first-order chi connectivity index (χ1) is 8.54. The second-order valence-corrected chi connectivity index (χ2v) is 5.65. The standard InChI is InChI=1S/C13H16BrFN2O/c1-17-4-2-3-12(8-17)16-13(18)9-5-10(14)7-11(15)6-9/h5-7,12H,2-4,8H2,1H3,(H,16,18)/t12-/m1/s1. The van der Waals surface area contributed by atoms with Gasteiger partial charge in [0.25, 0.3) is 5.91 Å². The molecule has 3 nitrogen and oxygen atoms in total. The molecule has 1 atom stereocenters. The maximum atomic E-state index is 13.2. The van der Waals surface area contributed by atoms with E-state index in [0.717, 1.165) is 25.9 Å². The van der Waals surface area contributed by atoms with Gasteiger partial charge in [0.15, 0.2) is 0 Å². The quantitative estimate of drug-likeness (QED) is 0.909. The molecule has 0 radical (unpaired) electrons. The molecule has 0 aliphatic carbocycles. The minimum atomic E-state index is -0.407. The molecule has 0 unspecified atom stereocenters. The number of carbonyl (C=O) groups excluding carboxylic acids is 1. The van der Waals surface area contributed by atoms with Crippen LogP contribution in [0.15, 0.2) is 22.7 Å². The van der Waals surface area contributed by atoms with Gasteiger partial charge >= 0.3 is 0 Å². The van der Waals surface area contributed by atoms with Gasteiger partial charge in [-0.2, -0.15) is 0 Å². The van der Waals surface area contributed by atoms with E-state index in [9.17, 15) is 9.18 Å². The van der Waals surface area contributed by atoms with Crippen molar-refractivity contribution in [3.05, 3.63) is 34.1 Å². The number of rotatable bonds is 2. The Kier molecular flexibility index (Phi) is 4.35. The lowest BCUT2D eigenvalue weighted by Crippen LogP contribution is -2.46. The fourth-order valence-electron chi connectivity index (χ4n) is 2.24. The Morgan fingerprint density at radius 2 is 2.28 bits per heavy atom. The van der Waals surface area contributed by atoms with E-state index >= 15 is 0 Å². The number of carbonyl (C=O) groups is 1. The molecule has 1 aromatic carbocycles. The number of likely N-dealkylation sites (tertiary alicyclic amines) is 1. The summed E-state index contributed by atoms with van der Waals surface area (Å²) >= 11 is 3.19. The lowest BCUT2D eigenvalue weighted by molar-refractivity contribution is 0.0912. The molecule has 2 rings (SSSR count). The third-order valence-corrected chi connectivity index (χ3v) is 3.54. The molecule has 1 aromatic rings. The summed E-state index contributed by atoms with van der Waals surface area (Å²) in [6, 6.07) is 4.38. The van der Waals surface area contributed by atoms with E-state index in [-0.39, 0.29) is 11.9 Å². The van der Waals surface area contributed by atoms with Gasteiger partial charge in [-0.15, -0.1) is 0 Å². The van der Waals surface area contributed by atoms with E-state index in [4.69, 9.17) is 0 Å². The van der Waals surface area contributed by atoms with Crippen LogP contribution in [0.4, 0.5) is 4.39 Å². The molecule has 98 valence electrons. The van der Waals surface area contributed by atoms with Crippen molar-refractivity contribution >= 4 is 21.8 Å². The molecule has 18 heavy (non-hydrogen) atoms. The van der Waals surface area contributed by atoms with Crippen molar-refractivity contribution < 1.29 is 9.18 Å². The number of amides is 1. The zero-order valence-electron chi connectivity index (χ0n) is 10.2. The summed E-state index contributed by atoms with van der Waals surface area (Å²) in [5.41, 5.74) is 0.357. The third-order valence-electron chi connectivity index (χ3n) is 3.08. The van der Waals surface area contributed by atoms with Crippen LogP contribution in [0.5, 0.6) is 0 Å². The SMILES string of the molecule is CN1CCC[C@@H](NC(=O)c2cc(F)cc(Br)c2)C1. The molecule has 1 aliphatic heterocycles. The Morgan fingerprint density at radius 1 is 1.50 bits per heavy atom. The predicted molar refractivity (Wildman–Crippen MR) is 72.1 cm³/mol. The summed E-state index contributed by atoms with van der Waals surface area (Å²) < 4.78 is 13.8. The summed E-state index contributed by atoms with van der Waals surface area (Å²) in [4.78, 5) is 14.2. The molecule has 1 saturated heterocycles. The van der Waals surface area contributed by atoms with Crippen LogP contribution in [0.1, 0.15) is 23.2 Å². The van der Waals surface area contributed by atoms with E-state index in [1.54, 1.807) is 6.07 Å². The van der Waals surface area contributed by atoms with E-state index in [1.165, 1.54) is 12.1 Å². The molecule has 1 aliphatic rings. The Bertz CT molecular complexity index is 432. The monoisotopic (exact) mass is 314 g/mol. The molecule has 5 heteroatoms. The molecule has 0 spiro atoms. The van der Waals surface area contributed by atoms with Gasteiger partial charge in [0, 0.05) is 22.6 Å². The maximum absolute atomic E-state index is 13.2. The topological polar surface area (TPSA) is 32.3 Å². The first-order valence-corrected chi connectivity index (χ1v) is 6.79. The highest BCUT2D eigenvalue weighted by molar-refractivity contribution is 9.10. The highest BCUT2D eigenvalue weighted by atomic mass is 79.9. The van der Waals surface area contributed by atoms with Crippen molar-refractivity contribution in [2.45, 2.75) is 18.9 Å². The summed E-state index contributed by atoms with van der Waals surface area (Å²) in [6.07, 6.45) is 2.06. The summed E-state index contributed by atoms with van der Waals surface area (Å²) in [5, 5.41) is 2.95. The largest absolute Gasteiger partial charge is 0.348 e. The summed E-state index contributed by atoms with van der Waals surface area (Å²) in [6.45, 7) is 1.92. The molecule has 1 N–H and O–H groups in total. The highest BCUT2D eigenvalue weighted by Gasteiger charge is 2.19. The normalized spacial score (nSPS) is 20.7. The fourth-order valence-corrected chi connectivity index (χ4v) is 2.70. The van der Waals surface area contributed by atoms with Crippen LogP contribution >= 0.6 is 15.9 Å². The minimum Gasteiger partial charge on any atom is -0.348 e. The third kappa shape index (κ3) is 3.53. The zero-order chi connectivity index (χ0) is 13.1. The van der Waals surface area contributed by atoms with Crippen molar-refractivity contribution in [1.29, 1.82) is 0 Å². The molecule has 1 amide bonds. The number of nitrogens with one attached hydrogen (secondary N) is 1. The summed E-state index contributed by atoms with van der Waals surface area (Å²) in [5.74, 6) is -0.620. The van der Waals surface area contributed by atoms with E-state index < -0.39 is 5.82 Å². The minimum absolute atomic E-state index is 0.151. The van der Waals surface area contributed by atoms with Crippen LogP contribution in [0.25, 0.3) is 0 Å². The number of piperidine rings is 1. The van der Waals surface area contributed by atoms with Crippen LogP contribution in [0.2, 0.25) is 0 Å². The Morgan fingerprint density at radius 3 is 2.94 bits per heavy atom. The first kappa shape index (κ1) is 13.5. The van der Waals surface area contributed by atoms with Crippen LogP contribution in [0, 0.1) is 5.82 Å². The number of hydrogen-bond donors (Lipinski definition) is 1. The predicted octanol–water partition coefficient (Wildman–Crippen LogP) is 2.41. The highest BCUT2D eigenvalue weighted by Crippen LogP contribution is 2.15. The Labute approximate surface area is 114 Å². The second kappa shape index (κ2) is 5.80. The fraction of sp³-hybridized carbons (Fsp3) is 0.462. The van der Waals surface area contributed by atoms with Gasteiger partial charge in [0.2, 0.25) is 0 Å². The van der Waals surface area contributed by atoms with Crippen molar-refractivity contribution in [1.82, 2.24) is 10.2 Å². The van der Waals surface area contributed by atoms with Crippen molar-refractivity contribution in [2.75, 3.05) is 20.1 Å². The number of hydrogen-bond acceptors (Lipinski definition) is 2. The molecule has 1 fully saturated rings. The van der Waals surface area contributed by atoms with Crippen LogP contribution in [0.3, 0.4) is 0 Å². The number of likely N-dealkylation sites (N-methyl/N-ethyl adjacent to an activating group) is 1. The lowest BCUT2D eigenvalue weighted by atomic mass is 10.1. The Hall–Kier alpha value is -0.940. The maximum Gasteiger partial charge on any atom is 0.251 e. The second-order valence-electron chi connectivity index (χ2n) is 4.73.